The fraction of sp³-hybridized carbons (Fsp3) is 0.938. The van der Waals surface area contributed by atoms with Crippen LogP contribution in [0.4, 0.5) is 0 Å². The molecule has 0 radical (unpaired) electrons. The molecule has 0 aromatic rings. The molecule has 1 unspecified atom stereocenters. The van der Waals surface area contributed by atoms with Crippen molar-refractivity contribution in [1.29, 1.82) is 0 Å². The van der Waals surface area contributed by atoms with Gasteiger partial charge in [-0.25, -0.2) is 0 Å². The van der Waals surface area contributed by atoms with Crippen LogP contribution in [0.5, 0.6) is 0 Å². The molecule has 1 fully saturated rings. The summed E-state index contributed by atoms with van der Waals surface area (Å²) in [7, 11) is 0. The maximum atomic E-state index is 12.3. The third-order valence-corrected chi connectivity index (χ3v) is 5.92. The number of carbonyl (C=O) groups excluding carboxylic acids is 1. The van der Waals surface area contributed by atoms with E-state index in [1.165, 1.54) is 32.1 Å². The summed E-state index contributed by atoms with van der Waals surface area (Å²) in [6, 6.07) is 0. The van der Waals surface area contributed by atoms with Crippen molar-refractivity contribution in [1.82, 2.24) is 5.32 Å². The molecule has 19 heavy (non-hydrogen) atoms. The van der Waals surface area contributed by atoms with Gasteiger partial charge in [-0.15, -0.1) is 0 Å². The van der Waals surface area contributed by atoms with Gasteiger partial charge in [0.15, 0.2) is 0 Å². The predicted octanol–water partition coefficient (Wildman–Crippen LogP) is 4.66. The monoisotopic (exact) mass is 331 g/mol. The first-order chi connectivity index (χ1) is 9.04. The zero-order valence-corrected chi connectivity index (χ0v) is 14.4. The third-order valence-electron chi connectivity index (χ3n) is 4.68. The Labute approximate surface area is 127 Å². The fourth-order valence-corrected chi connectivity index (χ4v) is 3.36. The highest BCUT2D eigenvalue weighted by Gasteiger charge is 2.30. The zero-order chi connectivity index (χ0) is 14.3. The number of carbonyl (C=O) groups is 1. The van der Waals surface area contributed by atoms with Gasteiger partial charge in [0.25, 0.3) is 0 Å². The van der Waals surface area contributed by atoms with E-state index < -0.39 is 0 Å². The summed E-state index contributed by atoms with van der Waals surface area (Å²) < 4.78 is 0. The van der Waals surface area contributed by atoms with Crippen LogP contribution >= 0.6 is 15.9 Å². The largest absolute Gasteiger partial charge is 0.350 e. The van der Waals surface area contributed by atoms with E-state index in [-0.39, 0.29) is 17.4 Å². The summed E-state index contributed by atoms with van der Waals surface area (Å²) in [4.78, 5) is 12.3. The Morgan fingerprint density at radius 2 is 1.89 bits per heavy atom. The van der Waals surface area contributed by atoms with E-state index in [1.807, 2.05) is 0 Å². The van der Waals surface area contributed by atoms with Gasteiger partial charge < -0.3 is 5.32 Å². The molecule has 0 aliphatic heterocycles. The zero-order valence-electron chi connectivity index (χ0n) is 12.8. The number of hydrogen-bond donors (Lipinski definition) is 1. The molecule has 2 nitrogen and oxygen atoms in total. The van der Waals surface area contributed by atoms with Crippen molar-refractivity contribution < 1.29 is 4.79 Å². The molecule has 1 aliphatic rings. The Kier molecular flexibility index (Phi) is 7.41. The highest BCUT2D eigenvalue weighted by atomic mass is 79.9. The Morgan fingerprint density at radius 1 is 1.26 bits per heavy atom. The van der Waals surface area contributed by atoms with E-state index in [2.05, 4.69) is 42.0 Å². The molecule has 0 bridgehead atoms. The lowest BCUT2D eigenvalue weighted by molar-refractivity contribution is -0.127. The van der Waals surface area contributed by atoms with Crippen LogP contribution in [0, 0.1) is 11.8 Å². The number of unbranched alkanes of at least 4 members (excludes halogenated alkanes) is 1. The van der Waals surface area contributed by atoms with Crippen LogP contribution in [-0.4, -0.2) is 16.8 Å². The van der Waals surface area contributed by atoms with Crippen molar-refractivity contribution in [3.63, 3.8) is 0 Å². The minimum absolute atomic E-state index is 0.0872. The molecule has 1 amide bonds. The van der Waals surface area contributed by atoms with Crippen LogP contribution in [-0.2, 0) is 4.79 Å². The van der Waals surface area contributed by atoms with Crippen molar-refractivity contribution in [2.75, 3.05) is 5.33 Å². The molecule has 112 valence electrons. The Bertz CT molecular complexity index is 268. The second kappa shape index (κ2) is 8.28. The van der Waals surface area contributed by atoms with Gasteiger partial charge in [0.1, 0.15) is 0 Å². The van der Waals surface area contributed by atoms with Crippen molar-refractivity contribution in [3.05, 3.63) is 0 Å². The Morgan fingerprint density at radius 3 is 2.37 bits per heavy atom. The summed E-state index contributed by atoms with van der Waals surface area (Å²) in [5.74, 6) is 1.40. The average Bonchev–Trinajstić information content (AvgIpc) is 2.45. The molecule has 1 rings (SSSR count). The van der Waals surface area contributed by atoms with Gasteiger partial charge in [-0.2, -0.15) is 0 Å². The maximum Gasteiger partial charge on any atom is 0.223 e. The molecule has 1 N–H and O–H groups in total. The molecule has 1 atom stereocenters. The van der Waals surface area contributed by atoms with Gasteiger partial charge in [-0.3, -0.25) is 4.79 Å². The molecule has 0 saturated heterocycles. The molecular weight excluding hydrogens is 302 g/mol. The van der Waals surface area contributed by atoms with Crippen molar-refractivity contribution >= 4 is 21.8 Å². The quantitative estimate of drug-likeness (QED) is 0.675. The summed E-state index contributed by atoms with van der Waals surface area (Å²) in [6.45, 7) is 6.50. The molecule has 0 heterocycles. The van der Waals surface area contributed by atoms with Crippen molar-refractivity contribution in [2.24, 2.45) is 11.8 Å². The number of rotatable bonds is 7. The van der Waals surface area contributed by atoms with Crippen molar-refractivity contribution in [2.45, 2.75) is 77.7 Å². The van der Waals surface area contributed by atoms with Crippen LogP contribution in [0.2, 0.25) is 0 Å². The van der Waals surface area contributed by atoms with Crippen molar-refractivity contribution in [3.8, 4) is 0 Å². The smallest absolute Gasteiger partial charge is 0.223 e. The number of halogens is 1. The molecule has 1 saturated carbocycles. The van der Waals surface area contributed by atoms with Gasteiger partial charge in [0.05, 0.1) is 0 Å². The van der Waals surface area contributed by atoms with Gasteiger partial charge in [0, 0.05) is 16.8 Å². The average molecular weight is 332 g/mol. The number of hydrogen-bond acceptors (Lipinski definition) is 1. The van der Waals surface area contributed by atoms with Crippen LogP contribution in [0.3, 0.4) is 0 Å². The van der Waals surface area contributed by atoms with Gasteiger partial charge in [-0.05, 0) is 44.9 Å². The fourth-order valence-electron chi connectivity index (χ4n) is 2.82. The minimum atomic E-state index is -0.0872. The lowest BCUT2D eigenvalue weighted by atomic mass is 9.79. The van der Waals surface area contributed by atoms with Gasteiger partial charge in [-0.1, -0.05) is 49.0 Å². The van der Waals surface area contributed by atoms with Crippen LogP contribution in [0.15, 0.2) is 0 Å². The molecule has 0 spiro atoms. The molecule has 0 aromatic carbocycles. The number of nitrogens with one attached hydrogen (secondary N) is 1. The minimum Gasteiger partial charge on any atom is -0.350 e. The van der Waals surface area contributed by atoms with E-state index in [1.54, 1.807) is 0 Å². The van der Waals surface area contributed by atoms with Gasteiger partial charge in [0.2, 0.25) is 5.91 Å². The van der Waals surface area contributed by atoms with Crippen LogP contribution < -0.4 is 5.32 Å². The van der Waals surface area contributed by atoms with E-state index in [0.717, 1.165) is 30.5 Å². The highest BCUT2D eigenvalue weighted by molar-refractivity contribution is 9.09. The van der Waals surface area contributed by atoms with Crippen LogP contribution in [0.1, 0.15) is 72.1 Å². The molecule has 3 heteroatoms. The lowest BCUT2D eigenvalue weighted by Crippen LogP contribution is -2.49. The first kappa shape index (κ1) is 17.0. The van der Waals surface area contributed by atoms with E-state index in [0.29, 0.717) is 0 Å². The van der Waals surface area contributed by atoms with E-state index in [4.69, 9.17) is 0 Å². The first-order valence-corrected chi connectivity index (χ1v) is 9.04. The summed E-state index contributed by atoms with van der Waals surface area (Å²) in [5.41, 5.74) is -0.0872. The van der Waals surface area contributed by atoms with E-state index >= 15 is 0 Å². The lowest BCUT2D eigenvalue weighted by Gasteiger charge is -2.33. The first-order valence-electron chi connectivity index (χ1n) is 7.92. The maximum absolute atomic E-state index is 12.3. The number of amides is 1. The Hall–Kier alpha value is -0.0500. The second-order valence-electron chi connectivity index (χ2n) is 6.40. The normalized spacial score (nSPS) is 26.7. The van der Waals surface area contributed by atoms with Gasteiger partial charge >= 0.3 is 0 Å². The standard InChI is InChI=1S/C16H30BrNO/c1-4-6-7-13-8-10-14(11-9-13)15(19)18-16(3,5-2)12-17/h13-14H,4-12H2,1-3H3,(H,18,19). The van der Waals surface area contributed by atoms with Crippen LogP contribution in [0.25, 0.3) is 0 Å². The SMILES string of the molecule is CCCCC1CCC(C(=O)NC(C)(CC)CBr)CC1. The number of alkyl halides is 1. The molecule has 1 aliphatic carbocycles. The third kappa shape index (κ3) is 5.45. The second-order valence-corrected chi connectivity index (χ2v) is 6.96. The Balaban J connectivity index is 2.36. The summed E-state index contributed by atoms with van der Waals surface area (Å²) >= 11 is 3.51. The highest BCUT2D eigenvalue weighted by Crippen LogP contribution is 2.32. The molecule has 0 aromatic heterocycles. The molecular formula is C16H30BrNO. The van der Waals surface area contributed by atoms with E-state index in [9.17, 15) is 4.79 Å². The summed E-state index contributed by atoms with van der Waals surface area (Å²) in [6.07, 6.45) is 9.63. The predicted molar refractivity (Wildman–Crippen MR) is 85.6 cm³/mol. The topological polar surface area (TPSA) is 29.1 Å². The summed E-state index contributed by atoms with van der Waals surface area (Å²) in [5, 5.41) is 4.06.